The summed E-state index contributed by atoms with van der Waals surface area (Å²) in [4.78, 5) is 23.0. The number of esters is 1. The number of benzene rings is 1. The summed E-state index contributed by atoms with van der Waals surface area (Å²) in [7, 11) is 3.18. The van der Waals surface area contributed by atoms with Crippen LogP contribution in [-0.4, -0.2) is 31.6 Å². The lowest BCUT2D eigenvalue weighted by Crippen LogP contribution is -2.19. The van der Waals surface area contributed by atoms with Crippen LogP contribution in [0.5, 0.6) is 0 Å². The molecule has 1 rings (SSSR count). The third-order valence-corrected chi connectivity index (χ3v) is 2.58. The van der Waals surface area contributed by atoms with Crippen LogP contribution in [0, 0.1) is 10.1 Å². The van der Waals surface area contributed by atoms with Crippen LogP contribution in [0.25, 0.3) is 0 Å². The molecule has 0 aliphatic heterocycles. The Morgan fingerprint density at radius 2 is 2.22 bits per heavy atom. The second-order valence-electron chi connectivity index (χ2n) is 3.88. The fourth-order valence-electron chi connectivity index (χ4n) is 1.54. The maximum absolute atomic E-state index is 10.9. The van der Waals surface area contributed by atoms with Crippen molar-refractivity contribution < 1.29 is 14.5 Å². The molecule has 0 aromatic heterocycles. The fraction of sp³-hybridized carbons (Fsp3) is 0.417. The van der Waals surface area contributed by atoms with Crippen LogP contribution in [0.2, 0.25) is 0 Å². The summed E-state index contributed by atoms with van der Waals surface area (Å²) in [6.07, 6.45) is 0.988. The third kappa shape index (κ3) is 4.04. The highest BCUT2D eigenvalue weighted by Gasteiger charge is 2.09. The molecule has 1 aromatic rings. The van der Waals surface area contributed by atoms with Crippen molar-refractivity contribution in [2.24, 2.45) is 0 Å². The van der Waals surface area contributed by atoms with Gasteiger partial charge in [0.05, 0.1) is 12.0 Å². The average Bonchev–Trinajstić information content (AvgIpc) is 2.38. The van der Waals surface area contributed by atoms with Crippen molar-refractivity contribution in [3.63, 3.8) is 0 Å². The molecule has 0 N–H and O–H groups in total. The van der Waals surface area contributed by atoms with Gasteiger partial charge in [0, 0.05) is 37.8 Å². The number of nitrogens with zero attached hydrogens (tertiary/aromatic N) is 2. The Balaban J connectivity index is 2.56. The number of nitro benzene ring substituents is 1. The lowest BCUT2D eigenvalue weighted by molar-refractivity contribution is -0.384. The molecule has 0 fully saturated rings. The van der Waals surface area contributed by atoms with E-state index in [1.807, 2.05) is 11.9 Å². The van der Waals surface area contributed by atoms with Crippen LogP contribution in [0.1, 0.15) is 12.8 Å². The number of hydrogen-bond acceptors (Lipinski definition) is 5. The van der Waals surface area contributed by atoms with Crippen LogP contribution in [0.15, 0.2) is 24.3 Å². The zero-order valence-electron chi connectivity index (χ0n) is 10.5. The Bertz CT molecular complexity index is 434. The van der Waals surface area contributed by atoms with Gasteiger partial charge in [0.15, 0.2) is 0 Å². The molecule has 0 unspecified atom stereocenters. The van der Waals surface area contributed by atoms with E-state index in [0.29, 0.717) is 19.4 Å². The van der Waals surface area contributed by atoms with E-state index in [4.69, 9.17) is 0 Å². The molecule has 98 valence electrons. The van der Waals surface area contributed by atoms with E-state index in [1.165, 1.54) is 19.2 Å². The molecule has 0 heterocycles. The van der Waals surface area contributed by atoms with E-state index >= 15 is 0 Å². The molecule has 0 amide bonds. The second-order valence-corrected chi connectivity index (χ2v) is 3.88. The SMILES string of the molecule is COC(=O)CCCN(C)c1cccc([N+](=O)[O-])c1. The number of hydrogen-bond donors (Lipinski definition) is 0. The van der Waals surface area contributed by atoms with Crippen LogP contribution < -0.4 is 4.90 Å². The number of nitro groups is 1. The highest BCUT2D eigenvalue weighted by molar-refractivity contribution is 5.69. The molecule has 1 aromatic carbocycles. The predicted molar refractivity (Wildman–Crippen MR) is 67.6 cm³/mol. The minimum Gasteiger partial charge on any atom is -0.469 e. The van der Waals surface area contributed by atoms with Crippen molar-refractivity contribution in [1.82, 2.24) is 0 Å². The molecule has 0 radical (unpaired) electrons. The number of carbonyl (C=O) groups is 1. The molecule has 18 heavy (non-hydrogen) atoms. The average molecular weight is 252 g/mol. The standard InChI is InChI=1S/C12H16N2O4/c1-13(8-4-7-12(15)18-2)10-5-3-6-11(9-10)14(16)17/h3,5-6,9H,4,7-8H2,1-2H3. The lowest BCUT2D eigenvalue weighted by Gasteiger charge is -2.18. The first-order valence-corrected chi connectivity index (χ1v) is 5.57. The number of anilines is 1. The molecule has 0 spiro atoms. The van der Waals surface area contributed by atoms with Gasteiger partial charge in [-0.3, -0.25) is 14.9 Å². The summed E-state index contributed by atoms with van der Waals surface area (Å²) in [5.74, 6) is -0.248. The van der Waals surface area contributed by atoms with Gasteiger partial charge in [-0.15, -0.1) is 0 Å². The number of rotatable bonds is 6. The van der Waals surface area contributed by atoms with E-state index in [1.54, 1.807) is 12.1 Å². The van der Waals surface area contributed by atoms with E-state index in [2.05, 4.69) is 4.74 Å². The quantitative estimate of drug-likeness (QED) is 0.439. The van der Waals surface area contributed by atoms with Gasteiger partial charge in [-0.05, 0) is 12.5 Å². The maximum atomic E-state index is 10.9. The van der Waals surface area contributed by atoms with Gasteiger partial charge in [0.1, 0.15) is 0 Å². The summed E-state index contributed by atoms with van der Waals surface area (Å²) < 4.78 is 4.54. The minimum absolute atomic E-state index is 0.0623. The number of methoxy groups -OCH3 is 1. The normalized spacial score (nSPS) is 9.89. The zero-order valence-corrected chi connectivity index (χ0v) is 10.5. The Kier molecular flexibility index (Phi) is 5.10. The summed E-state index contributed by atoms with van der Waals surface area (Å²) in [5.41, 5.74) is 0.821. The number of non-ortho nitro benzene ring substituents is 1. The first-order valence-electron chi connectivity index (χ1n) is 5.57. The van der Waals surface area contributed by atoms with Gasteiger partial charge in [0.25, 0.3) is 5.69 Å². The van der Waals surface area contributed by atoms with Crippen molar-refractivity contribution in [3.05, 3.63) is 34.4 Å². The van der Waals surface area contributed by atoms with Crippen LogP contribution in [0.3, 0.4) is 0 Å². The van der Waals surface area contributed by atoms with Gasteiger partial charge >= 0.3 is 5.97 Å². The minimum atomic E-state index is -0.425. The smallest absolute Gasteiger partial charge is 0.305 e. The molecule has 0 saturated carbocycles. The van der Waals surface area contributed by atoms with Crippen molar-refractivity contribution >= 4 is 17.3 Å². The Morgan fingerprint density at radius 3 is 2.83 bits per heavy atom. The molecule has 6 nitrogen and oxygen atoms in total. The van der Waals surface area contributed by atoms with E-state index in [-0.39, 0.29) is 11.7 Å². The van der Waals surface area contributed by atoms with Crippen LogP contribution in [-0.2, 0) is 9.53 Å². The molecule has 0 atom stereocenters. The summed E-state index contributed by atoms with van der Waals surface area (Å²) in [5, 5.41) is 10.6. The molecule has 0 aliphatic carbocycles. The van der Waals surface area contributed by atoms with Crippen LogP contribution >= 0.6 is 0 Å². The maximum Gasteiger partial charge on any atom is 0.305 e. The molecule has 0 aliphatic rings. The largest absolute Gasteiger partial charge is 0.469 e. The Morgan fingerprint density at radius 1 is 1.50 bits per heavy atom. The van der Waals surface area contributed by atoms with E-state index < -0.39 is 4.92 Å². The topological polar surface area (TPSA) is 72.7 Å². The first kappa shape index (κ1) is 14.0. The summed E-state index contributed by atoms with van der Waals surface area (Å²) in [6, 6.07) is 6.40. The Labute approximate surface area is 105 Å². The highest BCUT2D eigenvalue weighted by Crippen LogP contribution is 2.20. The van der Waals surface area contributed by atoms with Gasteiger partial charge in [-0.25, -0.2) is 0 Å². The number of ether oxygens (including phenoxy) is 1. The number of carbonyl (C=O) groups excluding carboxylic acids is 1. The first-order chi connectivity index (χ1) is 8.54. The van der Waals surface area contributed by atoms with Gasteiger partial charge in [-0.2, -0.15) is 0 Å². The Hall–Kier alpha value is -2.11. The monoisotopic (exact) mass is 252 g/mol. The zero-order chi connectivity index (χ0) is 13.5. The molecule has 0 saturated heterocycles. The van der Waals surface area contributed by atoms with Crippen molar-refractivity contribution in [2.45, 2.75) is 12.8 Å². The van der Waals surface area contributed by atoms with E-state index in [9.17, 15) is 14.9 Å². The molecular weight excluding hydrogens is 236 g/mol. The second kappa shape index (κ2) is 6.58. The summed E-state index contributed by atoms with van der Waals surface area (Å²) in [6.45, 7) is 0.635. The fourth-order valence-corrected chi connectivity index (χ4v) is 1.54. The van der Waals surface area contributed by atoms with Crippen molar-refractivity contribution in [3.8, 4) is 0 Å². The lowest BCUT2D eigenvalue weighted by atomic mass is 10.2. The van der Waals surface area contributed by atoms with Crippen molar-refractivity contribution in [2.75, 3.05) is 25.6 Å². The van der Waals surface area contributed by atoms with Gasteiger partial charge in [0.2, 0.25) is 0 Å². The summed E-state index contributed by atoms with van der Waals surface area (Å²) >= 11 is 0. The highest BCUT2D eigenvalue weighted by atomic mass is 16.6. The van der Waals surface area contributed by atoms with Gasteiger partial charge < -0.3 is 9.64 Å². The van der Waals surface area contributed by atoms with Gasteiger partial charge in [-0.1, -0.05) is 6.07 Å². The molecule has 6 heteroatoms. The van der Waals surface area contributed by atoms with E-state index in [0.717, 1.165) is 5.69 Å². The predicted octanol–water partition coefficient (Wildman–Crippen LogP) is 1.98. The van der Waals surface area contributed by atoms with Crippen molar-refractivity contribution in [1.29, 1.82) is 0 Å². The molecular formula is C12H16N2O4. The van der Waals surface area contributed by atoms with Crippen LogP contribution in [0.4, 0.5) is 11.4 Å². The molecule has 0 bridgehead atoms. The third-order valence-electron chi connectivity index (χ3n) is 2.58.